The monoisotopic (exact) mass is 435 g/mol. The Morgan fingerprint density at radius 3 is 2.67 bits per heavy atom. The molecule has 2 rings (SSSR count). The van der Waals surface area contributed by atoms with Gasteiger partial charge in [-0.25, -0.2) is 14.4 Å². The van der Waals surface area contributed by atoms with Crippen LogP contribution in [0.2, 0.25) is 0 Å². The van der Waals surface area contributed by atoms with Crippen LogP contribution >= 0.6 is 11.6 Å². The lowest BCUT2D eigenvalue weighted by atomic mass is 10.1. The van der Waals surface area contributed by atoms with Crippen molar-refractivity contribution < 1.29 is 19.0 Å². The number of aromatic hydroxyl groups is 1. The molecule has 9 nitrogen and oxygen atoms in total. The SMILES string of the molecule is C=C(C)/C(NC(=O)c1cc(F)c(-c2cnc(OC)c(C(C)N=O)n2)cc1O)=C(\N)Cl. The summed E-state index contributed by atoms with van der Waals surface area (Å²) < 4.78 is 19.8. The minimum absolute atomic E-state index is 0.00795. The van der Waals surface area contributed by atoms with Crippen LogP contribution in [0.15, 0.2) is 46.5 Å². The molecular formula is C19H19ClFN5O4. The van der Waals surface area contributed by atoms with Gasteiger partial charge in [0, 0.05) is 5.56 Å². The Balaban J connectivity index is 2.49. The van der Waals surface area contributed by atoms with Crippen molar-refractivity contribution in [3.8, 4) is 22.9 Å². The van der Waals surface area contributed by atoms with Gasteiger partial charge in [0.05, 0.1) is 30.3 Å². The number of nitroso groups, excluding NO2 is 1. The first-order valence-corrected chi connectivity index (χ1v) is 8.87. The first-order chi connectivity index (χ1) is 14.1. The summed E-state index contributed by atoms with van der Waals surface area (Å²) in [7, 11) is 1.34. The van der Waals surface area contributed by atoms with Crippen LogP contribution in [0.4, 0.5) is 4.39 Å². The number of ether oxygens (including phenoxy) is 1. The van der Waals surface area contributed by atoms with E-state index in [0.29, 0.717) is 5.57 Å². The number of halogens is 2. The molecule has 30 heavy (non-hydrogen) atoms. The molecule has 1 heterocycles. The van der Waals surface area contributed by atoms with Crippen LogP contribution in [0.1, 0.15) is 35.9 Å². The number of carbonyl (C=O) groups excluding carboxylic acids is 1. The van der Waals surface area contributed by atoms with Crippen LogP contribution in [-0.4, -0.2) is 28.1 Å². The van der Waals surface area contributed by atoms with Gasteiger partial charge < -0.3 is 20.9 Å². The Morgan fingerprint density at radius 2 is 2.13 bits per heavy atom. The fourth-order valence-electron chi connectivity index (χ4n) is 2.49. The maximum Gasteiger partial charge on any atom is 0.259 e. The van der Waals surface area contributed by atoms with Crippen molar-refractivity contribution in [2.45, 2.75) is 19.9 Å². The zero-order chi connectivity index (χ0) is 22.6. The lowest BCUT2D eigenvalue weighted by molar-refractivity contribution is 0.0963. The number of benzene rings is 1. The molecule has 1 unspecified atom stereocenters. The number of aromatic nitrogens is 2. The largest absolute Gasteiger partial charge is 0.507 e. The van der Waals surface area contributed by atoms with Crippen LogP contribution in [0.3, 0.4) is 0 Å². The minimum Gasteiger partial charge on any atom is -0.507 e. The first-order valence-electron chi connectivity index (χ1n) is 8.49. The average Bonchev–Trinajstić information content (AvgIpc) is 2.71. The minimum atomic E-state index is -0.900. The number of phenolic OH excluding ortho intramolecular Hbond substituents is 1. The number of methoxy groups -OCH3 is 1. The number of amides is 1. The van der Waals surface area contributed by atoms with Crippen molar-refractivity contribution >= 4 is 17.5 Å². The molecule has 158 valence electrons. The Labute approximate surface area is 176 Å². The topological polar surface area (TPSA) is 140 Å². The molecule has 4 N–H and O–H groups in total. The number of nitrogens with two attached hydrogens (primary N) is 1. The molecule has 0 bridgehead atoms. The highest BCUT2D eigenvalue weighted by Gasteiger charge is 2.22. The van der Waals surface area contributed by atoms with Crippen LogP contribution in [0.25, 0.3) is 11.3 Å². The molecule has 0 radical (unpaired) electrons. The molecule has 1 atom stereocenters. The molecular weight excluding hydrogens is 417 g/mol. The smallest absolute Gasteiger partial charge is 0.259 e. The van der Waals surface area contributed by atoms with Gasteiger partial charge in [-0.3, -0.25) is 4.79 Å². The number of nitrogens with zero attached hydrogens (tertiary/aromatic N) is 3. The number of allylic oxidation sites excluding steroid dienone is 1. The van der Waals surface area contributed by atoms with E-state index < -0.39 is 23.5 Å². The average molecular weight is 436 g/mol. The lowest BCUT2D eigenvalue weighted by Crippen LogP contribution is -2.25. The Hall–Kier alpha value is -3.53. The quantitative estimate of drug-likeness (QED) is 0.343. The van der Waals surface area contributed by atoms with E-state index >= 15 is 0 Å². The molecule has 0 spiro atoms. The van der Waals surface area contributed by atoms with Gasteiger partial charge >= 0.3 is 0 Å². The van der Waals surface area contributed by atoms with Crippen molar-refractivity contribution in [2.24, 2.45) is 10.9 Å². The fourth-order valence-corrected chi connectivity index (χ4v) is 2.70. The maximum atomic E-state index is 14.8. The number of rotatable bonds is 7. The third kappa shape index (κ3) is 4.71. The molecule has 0 saturated carbocycles. The van der Waals surface area contributed by atoms with Gasteiger partial charge in [0.15, 0.2) is 0 Å². The van der Waals surface area contributed by atoms with E-state index in [-0.39, 0.29) is 39.2 Å². The molecule has 2 aromatic rings. The van der Waals surface area contributed by atoms with Crippen molar-refractivity contribution in [3.63, 3.8) is 0 Å². The number of hydrogen-bond acceptors (Lipinski definition) is 8. The zero-order valence-corrected chi connectivity index (χ0v) is 17.1. The van der Waals surface area contributed by atoms with Gasteiger partial charge in [-0.05, 0) is 31.6 Å². The molecule has 1 aromatic heterocycles. The highest BCUT2D eigenvalue weighted by molar-refractivity contribution is 6.29. The molecule has 1 amide bonds. The molecule has 11 heteroatoms. The highest BCUT2D eigenvalue weighted by Crippen LogP contribution is 2.32. The van der Waals surface area contributed by atoms with E-state index in [9.17, 15) is 19.2 Å². The van der Waals surface area contributed by atoms with Crippen molar-refractivity contribution in [1.82, 2.24) is 15.3 Å². The van der Waals surface area contributed by atoms with E-state index in [1.807, 2.05) is 0 Å². The Kier molecular flexibility index (Phi) is 7.06. The second-order valence-electron chi connectivity index (χ2n) is 6.24. The van der Waals surface area contributed by atoms with E-state index in [4.69, 9.17) is 22.1 Å². The molecule has 0 aliphatic heterocycles. The number of hydrogen-bond donors (Lipinski definition) is 3. The third-order valence-electron chi connectivity index (χ3n) is 4.02. The second-order valence-corrected chi connectivity index (χ2v) is 6.64. The van der Waals surface area contributed by atoms with Crippen molar-refractivity contribution in [3.05, 3.63) is 63.3 Å². The molecule has 1 aromatic carbocycles. The predicted molar refractivity (Wildman–Crippen MR) is 109 cm³/mol. The summed E-state index contributed by atoms with van der Waals surface area (Å²) in [4.78, 5) is 31.5. The predicted octanol–water partition coefficient (Wildman–Crippen LogP) is 3.50. The molecule has 0 aliphatic rings. The third-order valence-corrected chi connectivity index (χ3v) is 4.21. The number of carbonyl (C=O) groups is 1. The molecule has 0 aliphatic carbocycles. The van der Waals surface area contributed by atoms with Crippen LogP contribution in [-0.2, 0) is 0 Å². The van der Waals surface area contributed by atoms with Crippen molar-refractivity contribution in [1.29, 1.82) is 0 Å². The summed E-state index contributed by atoms with van der Waals surface area (Å²) >= 11 is 5.71. The van der Waals surface area contributed by atoms with Crippen LogP contribution < -0.4 is 15.8 Å². The summed E-state index contributed by atoms with van der Waals surface area (Å²) in [6.45, 7) is 6.66. The first kappa shape index (κ1) is 22.8. The number of nitrogens with one attached hydrogen (secondary N) is 1. The van der Waals surface area contributed by atoms with Crippen molar-refractivity contribution in [2.75, 3.05) is 7.11 Å². The summed E-state index contributed by atoms with van der Waals surface area (Å²) in [6, 6.07) is 0.938. The summed E-state index contributed by atoms with van der Waals surface area (Å²) in [5.74, 6) is -2.18. The summed E-state index contributed by atoms with van der Waals surface area (Å²) in [5.41, 5.74) is 5.49. The Bertz CT molecular complexity index is 1050. The van der Waals surface area contributed by atoms with E-state index in [0.717, 1.165) is 12.1 Å². The standard InChI is InChI=1S/C19H19ClFN5O4/c1-8(2)15(17(20)22)25-18(28)11-5-12(21)10(6-14(11)27)13-7-23-19(30-4)16(24-13)9(3)26-29/h5-7,9,27H,1,22H2,2-4H3,(H,25,28)/b17-15+. The number of phenols is 1. The van der Waals surface area contributed by atoms with Crippen LogP contribution in [0, 0.1) is 10.7 Å². The fraction of sp³-hybridized carbons (Fsp3) is 0.211. The van der Waals surface area contributed by atoms with Gasteiger partial charge in [0.1, 0.15) is 28.5 Å². The lowest BCUT2D eigenvalue weighted by Gasteiger charge is -2.13. The highest BCUT2D eigenvalue weighted by atomic mass is 35.5. The summed E-state index contributed by atoms with van der Waals surface area (Å²) in [6.07, 6.45) is 1.20. The maximum absolute atomic E-state index is 14.8. The van der Waals surface area contributed by atoms with Gasteiger partial charge in [0.2, 0.25) is 5.88 Å². The van der Waals surface area contributed by atoms with Crippen LogP contribution in [0.5, 0.6) is 11.6 Å². The van der Waals surface area contributed by atoms with Gasteiger partial charge in [-0.1, -0.05) is 23.4 Å². The second kappa shape index (κ2) is 9.31. The summed E-state index contributed by atoms with van der Waals surface area (Å²) in [5, 5.41) is 15.3. The van der Waals surface area contributed by atoms with E-state index in [2.05, 4.69) is 27.0 Å². The van der Waals surface area contributed by atoms with Gasteiger partial charge in [-0.2, -0.15) is 4.91 Å². The van der Waals surface area contributed by atoms with E-state index in [1.165, 1.54) is 20.2 Å². The molecule has 0 saturated heterocycles. The van der Waals surface area contributed by atoms with Gasteiger partial charge in [0.25, 0.3) is 5.91 Å². The zero-order valence-electron chi connectivity index (χ0n) is 16.4. The van der Waals surface area contributed by atoms with Gasteiger partial charge in [-0.15, -0.1) is 0 Å². The van der Waals surface area contributed by atoms with E-state index in [1.54, 1.807) is 6.92 Å². The Morgan fingerprint density at radius 1 is 1.47 bits per heavy atom. The normalized spacial score (nSPS) is 12.6. The molecule has 0 fully saturated rings.